The van der Waals surface area contributed by atoms with E-state index in [1.807, 2.05) is 25.1 Å². The van der Waals surface area contributed by atoms with Crippen LogP contribution < -0.4 is 15.4 Å². The minimum Gasteiger partial charge on any atom is -0.491 e. The number of carbonyl (C=O) groups excluding carboxylic acids is 2. The number of ether oxygens (including phenoxy) is 1. The van der Waals surface area contributed by atoms with Crippen molar-refractivity contribution in [3.05, 3.63) is 29.8 Å². The van der Waals surface area contributed by atoms with Gasteiger partial charge in [-0.2, -0.15) is 0 Å². The number of likely N-dealkylation sites (tertiary alicyclic amines) is 1. The average molecular weight is 456 g/mol. The molecule has 182 valence electrons. The van der Waals surface area contributed by atoms with Gasteiger partial charge in [-0.25, -0.2) is 0 Å². The number of amides is 2. The molecule has 3 aliphatic rings. The number of rotatable bonds is 1. The number of hydrogen-bond donors (Lipinski definition) is 2. The normalized spacial score (nSPS) is 26.3. The van der Waals surface area contributed by atoms with Crippen LogP contribution in [0.2, 0.25) is 0 Å². The van der Waals surface area contributed by atoms with Crippen molar-refractivity contribution in [1.29, 1.82) is 0 Å². The minimum absolute atomic E-state index is 0.0938. The molecule has 1 saturated carbocycles. The van der Waals surface area contributed by atoms with Crippen LogP contribution in [0.15, 0.2) is 24.3 Å². The Hall–Kier alpha value is -2.08. The third-order valence-corrected chi connectivity index (χ3v) is 7.94. The number of benzene rings is 1. The van der Waals surface area contributed by atoms with Gasteiger partial charge in [0.2, 0.25) is 5.91 Å². The lowest BCUT2D eigenvalue weighted by Crippen LogP contribution is -2.53. The summed E-state index contributed by atoms with van der Waals surface area (Å²) < 4.78 is 5.98. The second-order valence-corrected chi connectivity index (χ2v) is 10.4. The monoisotopic (exact) mass is 455 g/mol. The smallest absolute Gasteiger partial charge is 0.255 e. The molecule has 33 heavy (non-hydrogen) atoms. The highest BCUT2D eigenvalue weighted by atomic mass is 16.5. The zero-order chi connectivity index (χ0) is 23.1. The number of piperidine rings is 1. The van der Waals surface area contributed by atoms with Crippen LogP contribution in [0.4, 0.5) is 0 Å². The Morgan fingerprint density at radius 2 is 1.67 bits per heavy atom. The Bertz CT molecular complexity index is 798. The van der Waals surface area contributed by atoms with Gasteiger partial charge >= 0.3 is 0 Å². The van der Waals surface area contributed by atoms with Gasteiger partial charge in [0.1, 0.15) is 12.4 Å². The topological polar surface area (TPSA) is 70.7 Å². The molecule has 0 unspecified atom stereocenters. The Morgan fingerprint density at radius 3 is 2.45 bits per heavy atom. The predicted octanol–water partition coefficient (Wildman–Crippen LogP) is 4.29. The highest BCUT2D eigenvalue weighted by Gasteiger charge is 2.42. The van der Waals surface area contributed by atoms with Crippen molar-refractivity contribution < 1.29 is 14.3 Å². The molecular weight excluding hydrogens is 414 g/mol. The number of nitrogens with one attached hydrogen (secondary N) is 2. The molecule has 2 fully saturated rings. The summed E-state index contributed by atoms with van der Waals surface area (Å²) in [6, 6.07) is 7.94. The van der Waals surface area contributed by atoms with Gasteiger partial charge < -0.3 is 20.3 Å². The first-order valence-corrected chi connectivity index (χ1v) is 13.1. The zero-order valence-electron chi connectivity index (χ0n) is 20.2. The van der Waals surface area contributed by atoms with E-state index in [9.17, 15) is 9.59 Å². The number of carbonyl (C=O) groups is 2. The van der Waals surface area contributed by atoms with Crippen LogP contribution >= 0.6 is 0 Å². The Balaban J connectivity index is 1.43. The standard InChI is InChI=1S/C27H41N3O3/c1-21-20-33-24-13-7-6-12-23(24)25(31)28-17-9-3-8-14-27(26(32)29-21)15-18-30(19-16-27)22-10-4-2-5-11-22/h6-7,12-13,21-22H,2-5,8-11,14-20H2,1H3,(H,28,31)(H,29,32)/t21-/m0/s1. The number of fused-ring (bicyclic) bond motifs is 1. The van der Waals surface area contributed by atoms with Gasteiger partial charge in [0.05, 0.1) is 17.0 Å². The maximum absolute atomic E-state index is 13.6. The fourth-order valence-electron chi connectivity index (χ4n) is 5.83. The largest absolute Gasteiger partial charge is 0.491 e. The summed E-state index contributed by atoms with van der Waals surface area (Å²) in [5, 5.41) is 6.30. The van der Waals surface area contributed by atoms with Crippen molar-refractivity contribution in [3.8, 4) is 5.75 Å². The summed E-state index contributed by atoms with van der Waals surface area (Å²) in [6.45, 7) is 5.06. The lowest BCUT2D eigenvalue weighted by Gasteiger charge is -2.45. The average Bonchev–Trinajstić information content (AvgIpc) is 2.85. The molecule has 6 nitrogen and oxygen atoms in total. The highest BCUT2D eigenvalue weighted by Crippen LogP contribution is 2.39. The molecule has 4 rings (SSSR count). The van der Waals surface area contributed by atoms with Crippen LogP contribution in [0, 0.1) is 5.41 Å². The second-order valence-electron chi connectivity index (χ2n) is 10.4. The molecule has 2 N–H and O–H groups in total. The van der Waals surface area contributed by atoms with Crippen molar-refractivity contribution >= 4 is 11.8 Å². The van der Waals surface area contributed by atoms with Gasteiger partial charge in [0.15, 0.2) is 0 Å². The van der Waals surface area contributed by atoms with E-state index in [1.54, 1.807) is 6.07 Å². The first kappa shape index (κ1) is 24.1. The van der Waals surface area contributed by atoms with Gasteiger partial charge in [-0.15, -0.1) is 0 Å². The molecule has 2 amide bonds. The van der Waals surface area contributed by atoms with E-state index in [0.29, 0.717) is 24.5 Å². The van der Waals surface area contributed by atoms with Gasteiger partial charge in [-0.05, 0) is 70.7 Å². The summed E-state index contributed by atoms with van der Waals surface area (Å²) in [5.41, 5.74) is 0.276. The van der Waals surface area contributed by atoms with Crippen LogP contribution in [-0.4, -0.2) is 55.0 Å². The molecule has 1 saturated heterocycles. The van der Waals surface area contributed by atoms with Gasteiger partial charge in [-0.1, -0.05) is 44.2 Å². The van der Waals surface area contributed by atoms with Crippen LogP contribution in [-0.2, 0) is 4.79 Å². The fraction of sp³-hybridized carbons (Fsp3) is 0.704. The third kappa shape index (κ3) is 6.08. The van der Waals surface area contributed by atoms with E-state index in [1.165, 1.54) is 32.1 Å². The number of hydrogen-bond acceptors (Lipinski definition) is 4. The van der Waals surface area contributed by atoms with Crippen LogP contribution in [0.5, 0.6) is 5.75 Å². The molecule has 0 bridgehead atoms. The summed E-state index contributed by atoms with van der Waals surface area (Å²) in [5.74, 6) is 0.671. The van der Waals surface area contributed by atoms with E-state index < -0.39 is 0 Å². The molecule has 0 radical (unpaired) electrons. The van der Waals surface area contributed by atoms with Crippen LogP contribution in [0.25, 0.3) is 0 Å². The van der Waals surface area contributed by atoms with Crippen molar-refractivity contribution in [2.45, 2.75) is 89.6 Å². The summed E-state index contributed by atoms with van der Waals surface area (Å²) in [7, 11) is 0. The predicted molar refractivity (Wildman–Crippen MR) is 130 cm³/mol. The van der Waals surface area contributed by atoms with Crippen molar-refractivity contribution in [2.75, 3.05) is 26.2 Å². The SMILES string of the molecule is C[C@H]1COc2ccccc2C(=O)NCCCCCC2(CCN(C3CCCCC3)CC2)C(=O)N1. The van der Waals surface area contributed by atoms with E-state index in [4.69, 9.17) is 4.74 Å². The maximum Gasteiger partial charge on any atom is 0.255 e. The van der Waals surface area contributed by atoms with Crippen LogP contribution in [0.1, 0.15) is 87.9 Å². The van der Waals surface area contributed by atoms with Crippen LogP contribution in [0.3, 0.4) is 0 Å². The summed E-state index contributed by atoms with van der Waals surface area (Å²) in [4.78, 5) is 28.8. The molecule has 1 aromatic rings. The molecule has 1 aromatic carbocycles. The third-order valence-electron chi connectivity index (χ3n) is 7.94. The van der Waals surface area contributed by atoms with E-state index in [0.717, 1.165) is 57.7 Å². The van der Waals surface area contributed by atoms with Crippen molar-refractivity contribution in [3.63, 3.8) is 0 Å². The maximum atomic E-state index is 13.6. The second kappa shape index (κ2) is 11.4. The lowest BCUT2D eigenvalue weighted by molar-refractivity contribution is -0.136. The van der Waals surface area contributed by atoms with E-state index in [-0.39, 0.29) is 23.3 Å². The molecule has 1 aliphatic carbocycles. The molecular formula is C27H41N3O3. The summed E-state index contributed by atoms with van der Waals surface area (Å²) in [6.07, 6.45) is 12.5. The van der Waals surface area contributed by atoms with Gasteiger partial charge in [0, 0.05) is 12.6 Å². The summed E-state index contributed by atoms with van der Waals surface area (Å²) >= 11 is 0. The first-order valence-electron chi connectivity index (χ1n) is 13.1. The van der Waals surface area contributed by atoms with E-state index in [2.05, 4.69) is 15.5 Å². The van der Waals surface area contributed by atoms with Crippen molar-refractivity contribution in [1.82, 2.24) is 15.5 Å². The Kier molecular flexibility index (Phi) is 8.29. The fourth-order valence-corrected chi connectivity index (χ4v) is 5.83. The molecule has 2 heterocycles. The Morgan fingerprint density at radius 1 is 0.939 bits per heavy atom. The lowest BCUT2D eigenvalue weighted by atomic mass is 9.72. The Labute approximate surface area is 198 Å². The zero-order valence-corrected chi connectivity index (χ0v) is 20.2. The quantitative estimate of drug-likeness (QED) is 0.663. The molecule has 1 atom stereocenters. The van der Waals surface area contributed by atoms with Crippen molar-refractivity contribution in [2.24, 2.45) is 5.41 Å². The molecule has 0 aromatic heterocycles. The number of nitrogens with zero attached hydrogens (tertiary/aromatic N) is 1. The number of para-hydroxylation sites is 1. The first-order chi connectivity index (χ1) is 16.1. The van der Waals surface area contributed by atoms with Gasteiger partial charge in [0.25, 0.3) is 5.91 Å². The molecule has 6 heteroatoms. The van der Waals surface area contributed by atoms with E-state index >= 15 is 0 Å². The minimum atomic E-state index is -0.277. The molecule has 1 spiro atoms. The van der Waals surface area contributed by atoms with Gasteiger partial charge in [-0.3, -0.25) is 9.59 Å². The highest BCUT2D eigenvalue weighted by molar-refractivity contribution is 5.96. The molecule has 2 aliphatic heterocycles.